The van der Waals surface area contributed by atoms with Gasteiger partial charge in [0.15, 0.2) is 6.10 Å². The number of carbonyl (C=O) groups is 3. The summed E-state index contributed by atoms with van der Waals surface area (Å²) in [5.74, 6) is -0.840. The largest absolute Gasteiger partial charge is 0.462 e. The molecule has 0 aromatic carbocycles. The lowest BCUT2D eigenvalue weighted by atomic mass is 10.0. The van der Waals surface area contributed by atoms with E-state index in [1.165, 1.54) is 302 Å². The first kappa shape index (κ1) is 75.2. The quantitative estimate of drug-likeness (QED) is 0.0261. The van der Waals surface area contributed by atoms with Gasteiger partial charge in [0.1, 0.15) is 13.2 Å². The molecule has 0 rings (SSSR count). The average molecular weight is 1090 g/mol. The van der Waals surface area contributed by atoms with Gasteiger partial charge in [0.05, 0.1) is 0 Å². The van der Waals surface area contributed by atoms with Crippen LogP contribution in [0.2, 0.25) is 0 Å². The number of carbonyl (C=O) groups excluding carboxylic acids is 3. The highest BCUT2D eigenvalue weighted by molar-refractivity contribution is 5.71. The van der Waals surface area contributed by atoms with E-state index >= 15 is 0 Å². The maximum absolute atomic E-state index is 12.9. The van der Waals surface area contributed by atoms with E-state index in [9.17, 15) is 14.4 Å². The van der Waals surface area contributed by atoms with Gasteiger partial charge < -0.3 is 14.2 Å². The second-order valence-corrected chi connectivity index (χ2v) is 24.2. The van der Waals surface area contributed by atoms with Crippen molar-refractivity contribution in [2.45, 2.75) is 412 Å². The third-order valence-corrected chi connectivity index (χ3v) is 16.3. The second kappa shape index (κ2) is 66.7. The number of hydrogen-bond acceptors (Lipinski definition) is 6. The maximum atomic E-state index is 12.9. The highest BCUT2D eigenvalue weighted by Gasteiger charge is 2.19. The molecule has 1 unspecified atom stereocenters. The van der Waals surface area contributed by atoms with Crippen molar-refractivity contribution in [3.63, 3.8) is 0 Å². The van der Waals surface area contributed by atoms with Crippen LogP contribution < -0.4 is 0 Å². The molecule has 0 spiro atoms. The van der Waals surface area contributed by atoms with Gasteiger partial charge in [-0.3, -0.25) is 14.4 Å². The van der Waals surface area contributed by atoms with E-state index in [4.69, 9.17) is 14.2 Å². The van der Waals surface area contributed by atoms with E-state index in [1.807, 2.05) is 0 Å². The van der Waals surface area contributed by atoms with Crippen LogP contribution in [0.15, 0.2) is 12.2 Å². The van der Waals surface area contributed by atoms with Gasteiger partial charge in [-0.25, -0.2) is 0 Å². The lowest BCUT2D eigenvalue weighted by Gasteiger charge is -2.18. The number of allylic oxidation sites excluding steroid dienone is 2. The van der Waals surface area contributed by atoms with Gasteiger partial charge in [-0.2, -0.15) is 0 Å². The second-order valence-electron chi connectivity index (χ2n) is 24.2. The Morgan fingerprint density at radius 1 is 0.247 bits per heavy atom. The van der Waals surface area contributed by atoms with Crippen molar-refractivity contribution in [2.24, 2.45) is 0 Å². The highest BCUT2D eigenvalue weighted by Crippen LogP contribution is 2.19. The molecule has 0 aromatic heterocycles. The summed E-state index contributed by atoms with van der Waals surface area (Å²) in [5, 5.41) is 0. The monoisotopic (exact) mass is 1090 g/mol. The van der Waals surface area contributed by atoms with E-state index in [1.54, 1.807) is 0 Å². The summed E-state index contributed by atoms with van der Waals surface area (Å²) >= 11 is 0. The van der Waals surface area contributed by atoms with Crippen LogP contribution in [0.1, 0.15) is 406 Å². The van der Waals surface area contributed by atoms with Crippen molar-refractivity contribution in [2.75, 3.05) is 13.2 Å². The van der Waals surface area contributed by atoms with Crippen LogP contribution in [-0.4, -0.2) is 37.2 Å². The molecule has 6 nitrogen and oxygen atoms in total. The Bertz CT molecular complexity index is 1200. The normalized spacial score (nSPS) is 12.0. The number of unbranched alkanes of at least 4 members (excludes halogenated alkanes) is 53. The van der Waals surface area contributed by atoms with E-state index in [0.29, 0.717) is 19.3 Å². The zero-order valence-electron chi connectivity index (χ0n) is 52.5. The molecule has 0 aliphatic heterocycles. The molecular weight excluding hydrogens is 949 g/mol. The molecule has 0 saturated heterocycles. The third kappa shape index (κ3) is 64.9. The zero-order valence-corrected chi connectivity index (χ0v) is 52.5. The third-order valence-electron chi connectivity index (χ3n) is 16.3. The lowest BCUT2D eigenvalue weighted by Crippen LogP contribution is -2.30. The van der Waals surface area contributed by atoms with Gasteiger partial charge in [-0.05, 0) is 44.9 Å². The highest BCUT2D eigenvalue weighted by atomic mass is 16.6. The molecule has 1 atom stereocenters. The van der Waals surface area contributed by atoms with Gasteiger partial charge in [-0.15, -0.1) is 0 Å². The molecule has 0 amide bonds. The van der Waals surface area contributed by atoms with Gasteiger partial charge in [0.25, 0.3) is 0 Å². The Morgan fingerprint density at radius 2 is 0.429 bits per heavy atom. The lowest BCUT2D eigenvalue weighted by molar-refractivity contribution is -0.167. The number of ether oxygens (including phenoxy) is 3. The molecule has 0 fully saturated rings. The van der Waals surface area contributed by atoms with Crippen LogP contribution in [0, 0.1) is 0 Å². The van der Waals surface area contributed by atoms with Crippen molar-refractivity contribution in [3.05, 3.63) is 12.2 Å². The summed E-state index contributed by atoms with van der Waals surface area (Å²) in [4.78, 5) is 38.4. The molecular formula is C71H136O6. The summed E-state index contributed by atoms with van der Waals surface area (Å²) in [6, 6.07) is 0. The minimum absolute atomic E-state index is 0.0657. The first-order valence-electron chi connectivity index (χ1n) is 35.2. The van der Waals surface area contributed by atoms with E-state index in [-0.39, 0.29) is 31.1 Å². The van der Waals surface area contributed by atoms with E-state index < -0.39 is 6.10 Å². The van der Waals surface area contributed by atoms with Crippen LogP contribution in [-0.2, 0) is 28.6 Å². The Morgan fingerprint density at radius 3 is 0.662 bits per heavy atom. The topological polar surface area (TPSA) is 78.9 Å². The molecule has 0 aromatic rings. The average Bonchev–Trinajstić information content (AvgIpc) is 3.43. The van der Waals surface area contributed by atoms with Gasteiger partial charge in [0, 0.05) is 19.3 Å². The fourth-order valence-electron chi connectivity index (χ4n) is 11.0. The van der Waals surface area contributed by atoms with Gasteiger partial charge in [-0.1, -0.05) is 354 Å². The molecule has 77 heavy (non-hydrogen) atoms. The molecule has 6 heteroatoms. The van der Waals surface area contributed by atoms with Crippen molar-refractivity contribution in [1.29, 1.82) is 0 Å². The molecule has 0 heterocycles. The summed E-state index contributed by atoms with van der Waals surface area (Å²) < 4.78 is 17.0. The van der Waals surface area contributed by atoms with E-state index in [2.05, 4.69) is 32.9 Å². The molecule has 0 N–H and O–H groups in total. The first-order valence-corrected chi connectivity index (χ1v) is 35.2. The summed E-state index contributed by atoms with van der Waals surface area (Å²) in [6.07, 6.45) is 79.6. The van der Waals surface area contributed by atoms with Crippen molar-refractivity contribution in [3.8, 4) is 0 Å². The minimum Gasteiger partial charge on any atom is -0.462 e. The Labute approximate surface area is 481 Å². The van der Waals surface area contributed by atoms with Crippen molar-refractivity contribution in [1.82, 2.24) is 0 Å². The Balaban J connectivity index is 4.21. The van der Waals surface area contributed by atoms with Crippen molar-refractivity contribution >= 4 is 17.9 Å². The number of esters is 3. The fraction of sp³-hybridized carbons (Fsp3) is 0.930. The summed E-state index contributed by atoms with van der Waals surface area (Å²) in [5.41, 5.74) is 0. The molecule has 0 bridgehead atoms. The van der Waals surface area contributed by atoms with Gasteiger partial charge >= 0.3 is 17.9 Å². The summed E-state index contributed by atoms with van der Waals surface area (Å²) in [7, 11) is 0. The van der Waals surface area contributed by atoms with Crippen LogP contribution in [0.5, 0.6) is 0 Å². The molecule has 0 saturated carbocycles. The van der Waals surface area contributed by atoms with Crippen LogP contribution in [0.3, 0.4) is 0 Å². The predicted molar refractivity (Wildman–Crippen MR) is 335 cm³/mol. The van der Waals surface area contributed by atoms with Crippen LogP contribution >= 0.6 is 0 Å². The minimum atomic E-state index is -0.769. The molecule has 0 aliphatic rings. The van der Waals surface area contributed by atoms with Gasteiger partial charge in [0.2, 0.25) is 0 Å². The smallest absolute Gasteiger partial charge is 0.306 e. The molecule has 456 valence electrons. The molecule has 0 aliphatic carbocycles. The van der Waals surface area contributed by atoms with Crippen LogP contribution in [0.25, 0.3) is 0 Å². The Hall–Kier alpha value is -1.85. The van der Waals surface area contributed by atoms with Crippen LogP contribution in [0.4, 0.5) is 0 Å². The SMILES string of the molecule is CCCCCC/C=C\CCCCCCCC(=O)OCC(COC(=O)CCCCCCCCCCCCCCCCCCCCCCCCC)OC(=O)CCCCCCCCCCCCCCCCCCCCCCCCC. The molecule has 0 radical (unpaired) electrons. The Kier molecular flexibility index (Phi) is 65.1. The van der Waals surface area contributed by atoms with E-state index in [0.717, 1.165) is 64.2 Å². The zero-order chi connectivity index (χ0) is 55.7. The number of hydrogen-bond donors (Lipinski definition) is 0. The maximum Gasteiger partial charge on any atom is 0.306 e. The fourth-order valence-corrected chi connectivity index (χ4v) is 11.0. The van der Waals surface area contributed by atoms with Crippen molar-refractivity contribution < 1.29 is 28.6 Å². The number of rotatable bonds is 66. The standard InChI is InChI=1S/C71H136O6/c1-4-7-10-13-16-19-22-25-27-29-31-33-35-37-39-41-43-46-49-52-55-58-61-64-70(73)76-67-68(66-75-69(72)63-60-57-54-51-48-45-24-21-18-15-12-9-6-3)77-71(74)65-62-59-56-53-50-47-44-42-40-38-36-34-32-30-28-26-23-20-17-14-11-8-5-2/h21,24,68H,4-20,22-23,25-67H2,1-3H3/b24-21-. The summed E-state index contributed by atoms with van der Waals surface area (Å²) in [6.45, 7) is 6.71. The predicted octanol–water partition coefficient (Wildman–Crippen LogP) is 24.0. The first-order chi connectivity index (χ1) is 38.0.